The normalized spacial score (nSPS) is 17.9. The van der Waals surface area contributed by atoms with Crippen LogP contribution in [0.25, 0.3) is 5.76 Å². The number of rotatable bonds is 8. The number of carbonyl (C=O) groups excluding carboxylic acids is 2. The van der Waals surface area contributed by atoms with Gasteiger partial charge in [-0.1, -0.05) is 43.0 Å². The first-order chi connectivity index (χ1) is 14.8. The number of benzene rings is 2. The second-order valence-corrected chi connectivity index (χ2v) is 7.79. The van der Waals surface area contributed by atoms with Crippen molar-refractivity contribution in [1.29, 1.82) is 0 Å². The molecule has 1 aliphatic heterocycles. The van der Waals surface area contributed by atoms with Gasteiger partial charge in [0.1, 0.15) is 18.1 Å². The van der Waals surface area contributed by atoms with Crippen molar-refractivity contribution in [2.45, 2.75) is 13.0 Å². The van der Waals surface area contributed by atoms with Crippen molar-refractivity contribution < 1.29 is 19.4 Å². The Morgan fingerprint density at radius 2 is 1.90 bits per heavy atom. The second-order valence-electron chi connectivity index (χ2n) is 7.79. The Hall–Kier alpha value is -3.38. The van der Waals surface area contributed by atoms with Gasteiger partial charge < -0.3 is 19.6 Å². The van der Waals surface area contributed by atoms with Crippen LogP contribution in [0, 0.1) is 6.92 Å². The molecule has 1 fully saturated rings. The van der Waals surface area contributed by atoms with Crippen molar-refractivity contribution in [2.75, 3.05) is 33.8 Å². The third-order valence-electron chi connectivity index (χ3n) is 5.25. The number of nitrogens with zero attached hydrogens (tertiary/aromatic N) is 2. The molecule has 162 valence electrons. The fourth-order valence-electron chi connectivity index (χ4n) is 3.66. The molecule has 1 atom stereocenters. The minimum Gasteiger partial charge on any atom is -0.507 e. The van der Waals surface area contributed by atoms with Crippen LogP contribution < -0.4 is 4.74 Å². The fraction of sp³-hybridized carbons (Fsp3) is 0.280. The van der Waals surface area contributed by atoms with Gasteiger partial charge in [-0.25, -0.2) is 0 Å². The number of carbonyl (C=O) groups is 2. The highest BCUT2D eigenvalue weighted by Crippen LogP contribution is 2.39. The van der Waals surface area contributed by atoms with Crippen LogP contribution in [0.5, 0.6) is 5.75 Å². The summed E-state index contributed by atoms with van der Waals surface area (Å²) in [6.07, 6.45) is 1.66. The Morgan fingerprint density at radius 3 is 2.52 bits per heavy atom. The number of amides is 1. The number of Topliss-reactive ketones (excluding diaryl/α,β-unsaturated/α-hetero) is 1. The maximum atomic E-state index is 13.0. The molecule has 1 unspecified atom stereocenters. The Balaban J connectivity index is 2.08. The number of aliphatic hydroxyl groups is 1. The van der Waals surface area contributed by atoms with Gasteiger partial charge in [-0.05, 0) is 50.3 Å². The van der Waals surface area contributed by atoms with Crippen LogP contribution in [0.2, 0.25) is 0 Å². The molecule has 1 amide bonds. The molecule has 0 aliphatic carbocycles. The van der Waals surface area contributed by atoms with Crippen molar-refractivity contribution in [1.82, 2.24) is 9.80 Å². The molecule has 1 N–H and O–H groups in total. The van der Waals surface area contributed by atoms with E-state index in [1.165, 1.54) is 4.90 Å². The van der Waals surface area contributed by atoms with Gasteiger partial charge in [-0.3, -0.25) is 9.59 Å². The molecular weight excluding hydrogens is 392 g/mol. The zero-order valence-electron chi connectivity index (χ0n) is 18.2. The van der Waals surface area contributed by atoms with E-state index in [0.29, 0.717) is 31.0 Å². The molecule has 6 nitrogen and oxygen atoms in total. The molecule has 2 aromatic rings. The van der Waals surface area contributed by atoms with Gasteiger partial charge in [-0.2, -0.15) is 0 Å². The van der Waals surface area contributed by atoms with Crippen molar-refractivity contribution in [3.8, 4) is 5.75 Å². The lowest BCUT2D eigenvalue weighted by molar-refractivity contribution is -0.140. The summed E-state index contributed by atoms with van der Waals surface area (Å²) in [5, 5.41) is 11.1. The van der Waals surface area contributed by atoms with E-state index in [9.17, 15) is 14.7 Å². The lowest BCUT2D eigenvalue weighted by atomic mass is 9.95. The van der Waals surface area contributed by atoms with Crippen molar-refractivity contribution in [3.05, 3.63) is 83.4 Å². The van der Waals surface area contributed by atoms with Crippen LogP contribution in [0.3, 0.4) is 0 Å². The maximum Gasteiger partial charge on any atom is 0.295 e. The Morgan fingerprint density at radius 1 is 1.19 bits per heavy atom. The van der Waals surface area contributed by atoms with Crippen LogP contribution in [0.1, 0.15) is 22.7 Å². The second kappa shape index (κ2) is 9.62. The predicted molar refractivity (Wildman–Crippen MR) is 121 cm³/mol. The Labute approximate surface area is 183 Å². The van der Waals surface area contributed by atoms with Crippen LogP contribution in [0.4, 0.5) is 0 Å². The zero-order chi connectivity index (χ0) is 22.5. The first-order valence-corrected chi connectivity index (χ1v) is 10.2. The molecule has 0 radical (unpaired) electrons. The van der Waals surface area contributed by atoms with Crippen LogP contribution >= 0.6 is 0 Å². The van der Waals surface area contributed by atoms with E-state index in [-0.39, 0.29) is 11.3 Å². The smallest absolute Gasteiger partial charge is 0.295 e. The summed E-state index contributed by atoms with van der Waals surface area (Å²) in [7, 11) is 3.82. The summed E-state index contributed by atoms with van der Waals surface area (Å²) in [5.74, 6) is -0.782. The van der Waals surface area contributed by atoms with Gasteiger partial charge in [0.15, 0.2) is 0 Å². The first-order valence-electron chi connectivity index (χ1n) is 10.2. The molecular formula is C25H28N2O4. The fourth-order valence-corrected chi connectivity index (χ4v) is 3.66. The number of hydrogen-bond acceptors (Lipinski definition) is 5. The van der Waals surface area contributed by atoms with E-state index in [1.54, 1.807) is 24.3 Å². The number of aliphatic hydroxyl groups excluding tert-OH is 1. The van der Waals surface area contributed by atoms with E-state index in [4.69, 9.17) is 4.74 Å². The van der Waals surface area contributed by atoms with Gasteiger partial charge >= 0.3 is 0 Å². The van der Waals surface area contributed by atoms with Crippen LogP contribution in [0.15, 0.2) is 66.8 Å². The lowest BCUT2D eigenvalue weighted by Gasteiger charge is -2.26. The van der Waals surface area contributed by atoms with E-state index >= 15 is 0 Å². The number of ether oxygens (including phenoxy) is 1. The van der Waals surface area contributed by atoms with Gasteiger partial charge in [0, 0.05) is 18.7 Å². The van der Waals surface area contributed by atoms with Crippen molar-refractivity contribution in [2.24, 2.45) is 0 Å². The predicted octanol–water partition coefficient (Wildman–Crippen LogP) is 3.54. The Bertz CT molecular complexity index is 1010. The Kier molecular flexibility index (Phi) is 6.92. The molecule has 1 saturated heterocycles. The number of aryl methyl sites for hydroxylation is 1. The highest BCUT2D eigenvalue weighted by Gasteiger charge is 2.45. The number of likely N-dealkylation sites (N-methyl/N-ethyl adjacent to an activating group) is 1. The topological polar surface area (TPSA) is 70.1 Å². The summed E-state index contributed by atoms with van der Waals surface area (Å²) < 4.78 is 5.60. The van der Waals surface area contributed by atoms with Crippen LogP contribution in [-0.2, 0) is 9.59 Å². The molecule has 0 aromatic heterocycles. The van der Waals surface area contributed by atoms with E-state index in [0.717, 1.165) is 11.1 Å². The monoisotopic (exact) mass is 420 g/mol. The molecule has 3 rings (SSSR count). The number of likely N-dealkylation sites (tertiary alicyclic amines) is 1. The molecule has 31 heavy (non-hydrogen) atoms. The van der Waals surface area contributed by atoms with E-state index in [2.05, 4.69) is 6.58 Å². The van der Waals surface area contributed by atoms with Crippen molar-refractivity contribution in [3.63, 3.8) is 0 Å². The summed E-state index contributed by atoms with van der Waals surface area (Å²) in [4.78, 5) is 29.4. The SMILES string of the molecule is C=CCOc1ccc(C(O)=C2C(=O)C(=O)N(CCN(C)C)C2c2ccccc2)cc1C. The standard InChI is InChI=1S/C25H28N2O4/c1-5-15-31-20-12-11-19(16-17(20)2)23(28)21-22(18-9-7-6-8-10-18)27(14-13-26(3)4)25(30)24(21)29/h5-12,16,22,28H,1,13-15H2,2-4H3. The molecule has 0 bridgehead atoms. The largest absolute Gasteiger partial charge is 0.507 e. The average Bonchev–Trinajstić information content (AvgIpc) is 3.01. The van der Waals surface area contributed by atoms with Gasteiger partial charge in [-0.15, -0.1) is 0 Å². The first kappa shape index (κ1) is 22.3. The summed E-state index contributed by atoms with van der Waals surface area (Å²) in [6, 6.07) is 13.9. The minimum absolute atomic E-state index is 0.106. The summed E-state index contributed by atoms with van der Waals surface area (Å²) in [6.45, 7) is 6.85. The maximum absolute atomic E-state index is 13.0. The average molecular weight is 421 g/mol. The lowest BCUT2D eigenvalue weighted by Crippen LogP contribution is -2.35. The van der Waals surface area contributed by atoms with Crippen LogP contribution in [-0.4, -0.2) is 60.4 Å². The highest BCUT2D eigenvalue weighted by atomic mass is 16.5. The molecule has 6 heteroatoms. The molecule has 0 spiro atoms. The zero-order valence-corrected chi connectivity index (χ0v) is 18.2. The van der Waals surface area contributed by atoms with Crippen molar-refractivity contribution >= 4 is 17.4 Å². The number of ketones is 1. The molecule has 1 aliphatic rings. The van der Waals surface area contributed by atoms with Gasteiger partial charge in [0.25, 0.3) is 11.7 Å². The highest BCUT2D eigenvalue weighted by molar-refractivity contribution is 6.46. The van der Waals surface area contributed by atoms with E-state index in [1.807, 2.05) is 56.3 Å². The third-order valence-corrected chi connectivity index (χ3v) is 5.25. The van der Waals surface area contributed by atoms with Gasteiger partial charge in [0.05, 0.1) is 11.6 Å². The molecule has 2 aromatic carbocycles. The summed E-state index contributed by atoms with van der Waals surface area (Å²) >= 11 is 0. The quantitative estimate of drug-likeness (QED) is 0.306. The molecule has 0 saturated carbocycles. The summed E-state index contributed by atoms with van der Waals surface area (Å²) in [5.41, 5.74) is 2.16. The minimum atomic E-state index is -0.672. The number of hydrogen-bond donors (Lipinski definition) is 1. The van der Waals surface area contributed by atoms with E-state index < -0.39 is 17.7 Å². The molecule has 1 heterocycles. The third kappa shape index (κ3) is 4.70. The van der Waals surface area contributed by atoms with Gasteiger partial charge in [0.2, 0.25) is 0 Å².